The summed E-state index contributed by atoms with van der Waals surface area (Å²) in [6.07, 6.45) is 11.4. The summed E-state index contributed by atoms with van der Waals surface area (Å²) >= 11 is 0. The van der Waals surface area contributed by atoms with E-state index in [0.29, 0.717) is 0 Å². The topological polar surface area (TPSA) is 15.3 Å². The third-order valence-electron chi connectivity index (χ3n) is 4.81. The predicted molar refractivity (Wildman–Crippen MR) is 74.3 cm³/mol. The van der Waals surface area contributed by atoms with E-state index in [4.69, 9.17) is 0 Å². The van der Waals surface area contributed by atoms with Crippen LogP contribution in [0.1, 0.15) is 58.3 Å². The molecule has 0 aromatic carbocycles. The Kier molecular flexibility index (Phi) is 5.30. The fourth-order valence-corrected chi connectivity index (χ4v) is 3.55. The van der Waals surface area contributed by atoms with Gasteiger partial charge in [-0.15, -0.1) is 0 Å². The summed E-state index contributed by atoms with van der Waals surface area (Å²) in [6.45, 7) is 4.98. The molecule has 0 aromatic rings. The molecule has 2 rings (SSSR count). The number of rotatable bonds is 3. The minimum Gasteiger partial charge on any atom is -0.311 e. The Morgan fingerprint density at radius 2 is 1.71 bits per heavy atom. The number of hydrogen-bond acceptors (Lipinski definition) is 2. The molecule has 0 bridgehead atoms. The van der Waals surface area contributed by atoms with Crippen LogP contribution in [0.2, 0.25) is 0 Å². The Balaban J connectivity index is 1.74. The summed E-state index contributed by atoms with van der Waals surface area (Å²) in [5.41, 5.74) is 0. The maximum absolute atomic E-state index is 3.92. The lowest BCUT2D eigenvalue weighted by atomic mass is 9.84. The van der Waals surface area contributed by atoms with Crippen molar-refractivity contribution < 1.29 is 0 Å². The first-order chi connectivity index (χ1) is 8.25. The van der Waals surface area contributed by atoms with E-state index < -0.39 is 0 Å². The fraction of sp³-hybridized carbons (Fsp3) is 1.00. The molecule has 1 saturated carbocycles. The molecule has 2 heteroatoms. The van der Waals surface area contributed by atoms with E-state index in [2.05, 4.69) is 24.2 Å². The van der Waals surface area contributed by atoms with Crippen LogP contribution >= 0.6 is 0 Å². The lowest BCUT2D eigenvalue weighted by molar-refractivity contribution is 0.255. The van der Waals surface area contributed by atoms with E-state index >= 15 is 0 Å². The van der Waals surface area contributed by atoms with Crippen molar-refractivity contribution in [2.24, 2.45) is 5.92 Å². The third-order valence-corrected chi connectivity index (χ3v) is 4.81. The van der Waals surface area contributed by atoms with Crippen LogP contribution in [0.5, 0.6) is 0 Å². The highest BCUT2D eigenvalue weighted by molar-refractivity contribution is 4.81. The molecule has 1 heterocycles. The average Bonchev–Trinajstić information content (AvgIpc) is 2.56. The van der Waals surface area contributed by atoms with Crippen LogP contribution in [-0.4, -0.2) is 37.1 Å². The van der Waals surface area contributed by atoms with Gasteiger partial charge in [-0.3, -0.25) is 0 Å². The minimum absolute atomic E-state index is 0.740. The first-order valence-corrected chi connectivity index (χ1v) is 7.70. The van der Waals surface area contributed by atoms with Crippen LogP contribution in [0.25, 0.3) is 0 Å². The van der Waals surface area contributed by atoms with Crippen molar-refractivity contribution in [3.8, 4) is 0 Å². The third kappa shape index (κ3) is 4.26. The van der Waals surface area contributed by atoms with Gasteiger partial charge in [-0.1, -0.05) is 19.3 Å². The molecule has 2 nitrogen and oxygen atoms in total. The molecule has 0 aromatic heterocycles. The van der Waals surface area contributed by atoms with Gasteiger partial charge < -0.3 is 10.2 Å². The van der Waals surface area contributed by atoms with Crippen molar-refractivity contribution in [1.29, 1.82) is 0 Å². The molecule has 2 atom stereocenters. The maximum Gasteiger partial charge on any atom is 0.00823 e. The molecule has 1 N–H and O–H groups in total. The lowest BCUT2D eigenvalue weighted by Gasteiger charge is -2.31. The van der Waals surface area contributed by atoms with Gasteiger partial charge in [-0.25, -0.2) is 0 Å². The van der Waals surface area contributed by atoms with Crippen LogP contribution in [-0.2, 0) is 0 Å². The molecule has 1 aliphatic heterocycles. The van der Waals surface area contributed by atoms with Gasteiger partial charge in [0.25, 0.3) is 0 Å². The first kappa shape index (κ1) is 13.4. The lowest BCUT2D eigenvalue weighted by Crippen LogP contribution is -2.42. The van der Waals surface area contributed by atoms with Crippen LogP contribution < -0.4 is 5.32 Å². The normalized spacial score (nSPS) is 31.1. The standard InChI is InChI=1S/C15H30N2/c1-13(14-7-4-3-5-8-14)16-15-9-6-11-17(2)12-10-15/h13-16H,3-12H2,1-2H3. The van der Waals surface area contributed by atoms with E-state index in [1.54, 1.807) is 0 Å². The summed E-state index contributed by atoms with van der Waals surface area (Å²) in [5.74, 6) is 0.949. The molecule has 2 fully saturated rings. The van der Waals surface area contributed by atoms with Crippen LogP contribution in [0, 0.1) is 5.92 Å². The molecular weight excluding hydrogens is 208 g/mol. The Morgan fingerprint density at radius 3 is 2.47 bits per heavy atom. The van der Waals surface area contributed by atoms with Crippen molar-refractivity contribution in [2.45, 2.75) is 70.4 Å². The highest BCUT2D eigenvalue weighted by atomic mass is 15.1. The zero-order valence-electron chi connectivity index (χ0n) is 11.8. The van der Waals surface area contributed by atoms with Crippen LogP contribution in [0.3, 0.4) is 0 Å². The molecule has 2 unspecified atom stereocenters. The summed E-state index contributed by atoms with van der Waals surface area (Å²) in [4.78, 5) is 2.48. The van der Waals surface area contributed by atoms with Crippen LogP contribution in [0.4, 0.5) is 0 Å². The maximum atomic E-state index is 3.92. The van der Waals surface area contributed by atoms with E-state index in [9.17, 15) is 0 Å². The summed E-state index contributed by atoms with van der Waals surface area (Å²) in [7, 11) is 2.26. The van der Waals surface area contributed by atoms with Gasteiger partial charge in [0.2, 0.25) is 0 Å². The zero-order valence-corrected chi connectivity index (χ0v) is 11.8. The Morgan fingerprint density at radius 1 is 0.941 bits per heavy atom. The Labute approximate surface area is 107 Å². The van der Waals surface area contributed by atoms with E-state index in [0.717, 1.165) is 18.0 Å². The Bertz CT molecular complexity index is 211. The molecule has 0 radical (unpaired) electrons. The summed E-state index contributed by atoms with van der Waals surface area (Å²) in [5, 5.41) is 3.92. The second-order valence-electron chi connectivity index (χ2n) is 6.28. The number of likely N-dealkylation sites (tertiary alicyclic amines) is 1. The van der Waals surface area contributed by atoms with E-state index in [1.807, 2.05) is 0 Å². The van der Waals surface area contributed by atoms with Gasteiger partial charge in [-0.05, 0) is 65.1 Å². The summed E-state index contributed by atoms with van der Waals surface area (Å²) in [6, 6.07) is 1.51. The van der Waals surface area contributed by atoms with Crippen molar-refractivity contribution in [2.75, 3.05) is 20.1 Å². The largest absolute Gasteiger partial charge is 0.311 e. The SMILES string of the molecule is CC(NC1CCCN(C)CC1)C1CCCCC1. The molecule has 0 spiro atoms. The number of nitrogens with zero attached hydrogens (tertiary/aromatic N) is 1. The van der Waals surface area contributed by atoms with Gasteiger partial charge in [0.05, 0.1) is 0 Å². The Hall–Kier alpha value is -0.0800. The highest BCUT2D eigenvalue weighted by Gasteiger charge is 2.23. The zero-order chi connectivity index (χ0) is 12.1. The van der Waals surface area contributed by atoms with E-state index in [-0.39, 0.29) is 0 Å². The predicted octanol–water partition coefficient (Wildman–Crippen LogP) is 3.03. The van der Waals surface area contributed by atoms with Gasteiger partial charge in [0.1, 0.15) is 0 Å². The molecule has 17 heavy (non-hydrogen) atoms. The minimum atomic E-state index is 0.740. The average molecular weight is 238 g/mol. The van der Waals surface area contributed by atoms with Crippen molar-refractivity contribution in [1.82, 2.24) is 10.2 Å². The molecular formula is C15H30N2. The first-order valence-electron chi connectivity index (χ1n) is 7.70. The molecule has 0 amide bonds. The molecule has 1 saturated heterocycles. The monoisotopic (exact) mass is 238 g/mol. The fourth-order valence-electron chi connectivity index (χ4n) is 3.55. The van der Waals surface area contributed by atoms with Crippen molar-refractivity contribution in [3.63, 3.8) is 0 Å². The number of hydrogen-bond donors (Lipinski definition) is 1. The highest BCUT2D eigenvalue weighted by Crippen LogP contribution is 2.27. The smallest absolute Gasteiger partial charge is 0.00823 e. The molecule has 2 aliphatic rings. The number of nitrogens with one attached hydrogen (secondary N) is 1. The van der Waals surface area contributed by atoms with E-state index in [1.165, 1.54) is 64.5 Å². The van der Waals surface area contributed by atoms with Gasteiger partial charge in [0, 0.05) is 12.1 Å². The molecule has 1 aliphatic carbocycles. The van der Waals surface area contributed by atoms with Crippen LogP contribution in [0.15, 0.2) is 0 Å². The summed E-state index contributed by atoms with van der Waals surface area (Å²) < 4.78 is 0. The second-order valence-corrected chi connectivity index (χ2v) is 6.28. The van der Waals surface area contributed by atoms with Crippen molar-refractivity contribution in [3.05, 3.63) is 0 Å². The second kappa shape index (κ2) is 6.75. The quantitative estimate of drug-likeness (QED) is 0.813. The molecule has 100 valence electrons. The van der Waals surface area contributed by atoms with Gasteiger partial charge >= 0.3 is 0 Å². The van der Waals surface area contributed by atoms with Gasteiger partial charge in [0.15, 0.2) is 0 Å². The van der Waals surface area contributed by atoms with Gasteiger partial charge in [-0.2, -0.15) is 0 Å². The van der Waals surface area contributed by atoms with Crippen molar-refractivity contribution >= 4 is 0 Å².